The summed E-state index contributed by atoms with van der Waals surface area (Å²) >= 11 is 3.25. The zero-order chi connectivity index (χ0) is 16.9. The molecular weight excluding hydrogens is 373 g/mol. The van der Waals surface area contributed by atoms with E-state index in [1.165, 1.54) is 12.1 Å². The second kappa shape index (κ2) is 7.53. The van der Waals surface area contributed by atoms with Crippen LogP contribution in [-0.2, 0) is 22.6 Å². The number of aromatic nitrogens is 1. The van der Waals surface area contributed by atoms with Crippen molar-refractivity contribution in [3.05, 3.63) is 76.1 Å². The monoisotopic (exact) mass is 387 g/mol. The minimum Gasteiger partial charge on any atom is -0.461 e. The quantitative estimate of drug-likeness (QED) is 0.589. The summed E-state index contributed by atoms with van der Waals surface area (Å²) in [5.41, 5.74) is 2.50. The molecule has 5 heteroatoms. The Morgan fingerprint density at radius 1 is 1.12 bits per heavy atom. The minimum atomic E-state index is -0.334. The van der Waals surface area contributed by atoms with E-state index < -0.39 is 0 Å². The van der Waals surface area contributed by atoms with Crippen LogP contribution in [0.2, 0.25) is 0 Å². The van der Waals surface area contributed by atoms with Crippen molar-refractivity contribution in [2.45, 2.75) is 19.4 Å². The lowest BCUT2D eigenvalue weighted by Gasteiger charge is -2.07. The Morgan fingerprint density at radius 2 is 1.96 bits per heavy atom. The fourth-order valence-electron chi connectivity index (χ4n) is 2.35. The van der Waals surface area contributed by atoms with E-state index in [-0.39, 0.29) is 24.8 Å². The molecule has 0 unspecified atom stereocenters. The Bertz CT molecular complexity index is 882. The number of esters is 1. The zero-order valence-corrected chi connectivity index (χ0v) is 14.4. The van der Waals surface area contributed by atoms with Gasteiger partial charge in [0.25, 0.3) is 0 Å². The number of halogens is 2. The number of carbonyl (C=O) groups is 1. The number of hydrogen-bond acceptors (Lipinski definition) is 3. The summed E-state index contributed by atoms with van der Waals surface area (Å²) in [6.07, 6.45) is 0.776. The van der Waals surface area contributed by atoms with Crippen molar-refractivity contribution < 1.29 is 13.9 Å². The van der Waals surface area contributed by atoms with E-state index in [9.17, 15) is 9.18 Å². The molecule has 1 heterocycles. The van der Waals surface area contributed by atoms with E-state index in [1.807, 2.05) is 36.4 Å². The van der Waals surface area contributed by atoms with Gasteiger partial charge in [-0.05, 0) is 24.3 Å². The van der Waals surface area contributed by atoms with E-state index in [0.717, 1.165) is 22.2 Å². The van der Waals surface area contributed by atoms with Crippen LogP contribution in [0.4, 0.5) is 4.39 Å². The molecule has 3 aromatic rings. The average molecular weight is 388 g/mol. The first kappa shape index (κ1) is 16.6. The molecule has 0 aliphatic rings. The fourth-order valence-corrected chi connectivity index (χ4v) is 2.81. The third-order valence-electron chi connectivity index (χ3n) is 3.65. The van der Waals surface area contributed by atoms with Gasteiger partial charge in [-0.1, -0.05) is 46.3 Å². The second-order valence-corrected chi connectivity index (χ2v) is 6.25. The van der Waals surface area contributed by atoms with Crippen molar-refractivity contribution >= 4 is 32.8 Å². The lowest BCUT2D eigenvalue weighted by Crippen LogP contribution is -2.07. The van der Waals surface area contributed by atoms with Crippen LogP contribution in [0.5, 0.6) is 0 Å². The molecule has 3 rings (SSSR count). The Balaban J connectivity index is 1.54. The van der Waals surface area contributed by atoms with E-state index in [0.29, 0.717) is 10.9 Å². The summed E-state index contributed by atoms with van der Waals surface area (Å²) in [6, 6.07) is 16.1. The number of para-hydroxylation sites is 1. The normalized spacial score (nSPS) is 10.8. The topological polar surface area (TPSA) is 39.2 Å². The number of nitrogens with zero attached hydrogens (tertiary/aromatic N) is 1. The largest absolute Gasteiger partial charge is 0.461 e. The van der Waals surface area contributed by atoms with E-state index in [1.54, 1.807) is 6.07 Å². The fraction of sp³-hybridized carbons (Fsp3) is 0.158. The summed E-state index contributed by atoms with van der Waals surface area (Å²) in [5.74, 6) is -0.638. The Morgan fingerprint density at radius 3 is 2.79 bits per heavy atom. The second-order valence-electron chi connectivity index (χ2n) is 5.39. The summed E-state index contributed by atoms with van der Waals surface area (Å²) in [5, 5.41) is 1.07. The average Bonchev–Trinajstić information content (AvgIpc) is 2.59. The van der Waals surface area contributed by atoms with Gasteiger partial charge < -0.3 is 4.74 Å². The third-order valence-corrected chi connectivity index (χ3v) is 4.38. The van der Waals surface area contributed by atoms with Crippen molar-refractivity contribution in [2.75, 3.05) is 0 Å². The Labute approximate surface area is 147 Å². The molecule has 24 heavy (non-hydrogen) atoms. The van der Waals surface area contributed by atoms with Crippen LogP contribution in [-0.4, -0.2) is 11.0 Å². The number of pyridine rings is 1. The van der Waals surface area contributed by atoms with Crippen molar-refractivity contribution in [2.24, 2.45) is 0 Å². The Hall–Kier alpha value is -2.27. The van der Waals surface area contributed by atoms with Gasteiger partial charge in [0.2, 0.25) is 0 Å². The zero-order valence-electron chi connectivity index (χ0n) is 12.8. The number of hydrogen-bond donors (Lipinski definition) is 0. The predicted octanol–water partition coefficient (Wildman–Crippen LogP) is 4.81. The van der Waals surface area contributed by atoms with Crippen LogP contribution in [0.3, 0.4) is 0 Å². The maximum atomic E-state index is 13.0. The van der Waals surface area contributed by atoms with Gasteiger partial charge in [0.05, 0.1) is 11.9 Å². The van der Waals surface area contributed by atoms with Crippen molar-refractivity contribution in [3.63, 3.8) is 0 Å². The standard InChI is InChI=1S/C19H15BrFNO2/c20-17-11-15(21)7-5-14(17)12-24-19(23)10-9-16-8-6-13-3-1-2-4-18(13)22-16/h1-8,11H,9-10,12H2. The summed E-state index contributed by atoms with van der Waals surface area (Å²) < 4.78 is 18.8. The SMILES string of the molecule is O=C(CCc1ccc2ccccc2n1)OCc1ccc(F)cc1Br. The molecule has 122 valence electrons. The summed E-state index contributed by atoms with van der Waals surface area (Å²) in [7, 11) is 0. The molecular formula is C19H15BrFNO2. The molecule has 0 amide bonds. The van der Waals surface area contributed by atoms with Crippen LogP contribution in [0.25, 0.3) is 10.9 Å². The molecule has 0 atom stereocenters. The first-order valence-corrected chi connectivity index (χ1v) is 8.35. The maximum Gasteiger partial charge on any atom is 0.306 e. The number of carbonyl (C=O) groups excluding carboxylic acids is 1. The highest BCUT2D eigenvalue weighted by atomic mass is 79.9. The first-order chi connectivity index (χ1) is 11.6. The molecule has 1 aromatic heterocycles. The number of fused-ring (bicyclic) bond motifs is 1. The molecule has 0 aliphatic heterocycles. The van der Waals surface area contributed by atoms with Crippen LogP contribution >= 0.6 is 15.9 Å². The lowest BCUT2D eigenvalue weighted by molar-refractivity contribution is -0.144. The van der Waals surface area contributed by atoms with Gasteiger partial charge in [-0.3, -0.25) is 9.78 Å². The van der Waals surface area contributed by atoms with Crippen LogP contribution < -0.4 is 0 Å². The maximum absolute atomic E-state index is 13.0. The molecule has 0 N–H and O–H groups in total. The highest BCUT2D eigenvalue weighted by Gasteiger charge is 2.08. The molecule has 0 saturated heterocycles. The van der Waals surface area contributed by atoms with Crippen molar-refractivity contribution in [1.82, 2.24) is 4.98 Å². The molecule has 0 radical (unpaired) electrons. The van der Waals surface area contributed by atoms with Gasteiger partial charge in [0, 0.05) is 27.5 Å². The van der Waals surface area contributed by atoms with Gasteiger partial charge in [-0.25, -0.2) is 4.39 Å². The number of rotatable bonds is 5. The van der Waals surface area contributed by atoms with E-state index >= 15 is 0 Å². The molecule has 0 saturated carbocycles. The van der Waals surface area contributed by atoms with E-state index in [2.05, 4.69) is 20.9 Å². The molecule has 0 fully saturated rings. The number of aryl methyl sites for hydroxylation is 1. The number of ether oxygens (including phenoxy) is 1. The van der Waals surface area contributed by atoms with Crippen LogP contribution in [0.15, 0.2) is 59.1 Å². The number of benzene rings is 2. The van der Waals surface area contributed by atoms with Gasteiger partial charge in [-0.15, -0.1) is 0 Å². The Kier molecular flexibility index (Phi) is 5.20. The summed E-state index contributed by atoms with van der Waals surface area (Å²) in [4.78, 5) is 16.4. The molecule has 3 nitrogen and oxygen atoms in total. The molecule has 0 aliphatic carbocycles. The van der Waals surface area contributed by atoms with Gasteiger partial charge in [0.1, 0.15) is 12.4 Å². The molecule has 0 bridgehead atoms. The van der Waals surface area contributed by atoms with Crippen molar-refractivity contribution in [3.8, 4) is 0 Å². The van der Waals surface area contributed by atoms with Crippen LogP contribution in [0.1, 0.15) is 17.7 Å². The first-order valence-electron chi connectivity index (χ1n) is 7.56. The highest BCUT2D eigenvalue weighted by Crippen LogP contribution is 2.19. The van der Waals surface area contributed by atoms with Crippen molar-refractivity contribution in [1.29, 1.82) is 0 Å². The van der Waals surface area contributed by atoms with Gasteiger partial charge in [-0.2, -0.15) is 0 Å². The summed E-state index contributed by atoms with van der Waals surface area (Å²) in [6.45, 7) is 0.116. The van der Waals surface area contributed by atoms with Gasteiger partial charge >= 0.3 is 5.97 Å². The minimum absolute atomic E-state index is 0.116. The lowest BCUT2D eigenvalue weighted by atomic mass is 10.1. The smallest absolute Gasteiger partial charge is 0.306 e. The van der Waals surface area contributed by atoms with E-state index in [4.69, 9.17) is 4.74 Å². The molecule has 0 spiro atoms. The predicted molar refractivity (Wildman–Crippen MR) is 94.0 cm³/mol. The third kappa shape index (κ3) is 4.17. The van der Waals surface area contributed by atoms with Gasteiger partial charge in [0.15, 0.2) is 0 Å². The van der Waals surface area contributed by atoms with Crippen LogP contribution in [0, 0.1) is 5.82 Å². The highest BCUT2D eigenvalue weighted by molar-refractivity contribution is 9.10. The molecule has 2 aromatic carbocycles.